The van der Waals surface area contributed by atoms with Crippen molar-refractivity contribution in [2.24, 2.45) is 0 Å². The fourth-order valence-corrected chi connectivity index (χ4v) is 3.62. The van der Waals surface area contributed by atoms with Gasteiger partial charge in [0.05, 0.1) is 10.6 Å². The first kappa shape index (κ1) is 19.4. The van der Waals surface area contributed by atoms with Gasteiger partial charge < -0.3 is 4.74 Å². The molecule has 0 heterocycles. The zero-order valence-electron chi connectivity index (χ0n) is 15.6. The number of benzene rings is 2. The zero-order chi connectivity index (χ0) is 19.0. The minimum atomic E-state index is -3.30. The maximum atomic E-state index is 13.5. The molecule has 3 nitrogen and oxygen atoms in total. The van der Waals surface area contributed by atoms with Crippen molar-refractivity contribution in [3.05, 3.63) is 52.8 Å². The average molecular weight is 364 g/mol. The van der Waals surface area contributed by atoms with E-state index in [2.05, 4.69) is 0 Å². The number of aryl methyl sites for hydroxylation is 2. The van der Waals surface area contributed by atoms with Crippen LogP contribution in [0.5, 0.6) is 11.5 Å². The normalized spacial score (nSPS) is 12.3. The molecule has 0 unspecified atom stereocenters. The van der Waals surface area contributed by atoms with Crippen LogP contribution in [0, 0.1) is 19.7 Å². The molecule has 0 atom stereocenters. The van der Waals surface area contributed by atoms with Crippen molar-refractivity contribution in [1.82, 2.24) is 0 Å². The molecule has 2 aromatic carbocycles. The fraction of sp³-hybridized carbons (Fsp3) is 0.400. The first-order chi connectivity index (χ1) is 11.5. The van der Waals surface area contributed by atoms with Crippen LogP contribution in [-0.2, 0) is 15.3 Å². The summed E-state index contributed by atoms with van der Waals surface area (Å²) in [5, 5.41) is 0. The summed E-state index contributed by atoms with van der Waals surface area (Å²) in [6, 6.07) is 7.79. The molecule has 0 N–H and O–H groups in total. The Bertz CT molecular complexity index is 871. The van der Waals surface area contributed by atoms with Crippen molar-refractivity contribution < 1.29 is 17.5 Å². The van der Waals surface area contributed by atoms with E-state index in [9.17, 15) is 12.8 Å². The highest BCUT2D eigenvalue weighted by Gasteiger charge is 2.23. The van der Waals surface area contributed by atoms with Crippen molar-refractivity contribution >= 4 is 9.84 Å². The molecule has 0 spiro atoms. The highest BCUT2D eigenvalue weighted by Crippen LogP contribution is 2.38. The minimum absolute atomic E-state index is 0.0486. The van der Waals surface area contributed by atoms with Crippen LogP contribution < -0.4 is 4.74 Å². The molecule has 0 aliphatic carbocycles. The van der Waals surface area contributed by atoms with Gasteiger partial charge in [-0.3, -0.25) is 0 Å². The van der Waals surface area contributed by atoms with E-state index in [-0.39, 0.29) is 17.0 Å². The highest BCUT2D eigenvalue weighted by atomic mass is 32.2. The third-order valence-corrected chi connectivity index (χ3v) is 5.87. The maximum Gasteiger partial charge on any atom is 0.178 e. The van der Waals surface area contributed by atoms with E-state index >= 15 is 0 Å². The first-order valence-electron chi connectivity index (χ1n) is 8.27. The molecule has 0 aliphatic rings. The monoisotopic (exact) mass is 364 g/mol. The summed E-state index contributed by atoms with van der Waals surface area (Å²) < 4.78 is 44.0. The van der Waals surface area contributed by atoms with E-state index < -0.39 is 9.84 Å². The maximum absolute atomic E-state index is 13.5. The van der Waals surface area contributed by atoms with Gasteiger partial charge in [0, 0.05) is 5.56 Å². The summed E-state index contributed by atoms with van der Waals surface area (Å²) in [6.07, 6.45) is 0. The lowest BCUT2D eigenvalue weighted by Gasteiger charge is -2.24. The lowest BCUT2D eigenvalue weighted by Crippen LogP contribution is -2.15. The van der Waals surface area contributed by atoms with Crippen molar-refractivity contribution in [3.8, 4) is 11.5 Å². The van der Waals surface area contributed by atoms with Crippen LogP contribution in [0.3, 0.4) is 0 Å². The summed E-state index contributed by atoms with van der Waals surface area (Å²) in [4.78, 5) is 0.292. The van der Waals surface area contributed by atoms with Crippen LogP contribution in [0.25, 0.3) is 0 Å². The van der Waals surface area contributed by atoms with Crippen molar-refractivity contribution in [2.45, 2.75) is 51.9 Å². The second kappa shape index (κ2) is 6.79. The van der Waals surface area contributed by atoms with Gasteiger partial charge in [0.25, 0.3) is 0 Å². The lowest BCUT2D eigenvalue weighted by atomic mass is 9.86. The largest absolute Gasteiger partial charge is 0.457 e. The molecule has 0 bridgehead atoms. The predicted molar refractivity (Wildman–Crippen MR) is 98.8 cm³/mol. The first-order valence-corrected chi connectivity index (χ1v) is 9.93. The summed E-state index contributed by atoms with van der Waals surface area (Å²) in [6.45, 7) is 11.2. The number of hydrogen-bond donors (Lipinski definition) is 0. The Morgan fingerprint density at radius 1 is 1.04 bits per heavy atom. The Morgan fingerprint density at radius 3 is 2.08 bits per heavy atom. The van der Waals surface area contributed by atoms with Crippen molar-refractivity contribution in [2.75, 3.05) is 5.75 Å². The smallest absolute Gasteiger partial charge is 0.178 e. The Kier molecular flexibility index (Phi) is 5.28. The van der Waals surface area contributed by atoms with Gasteiger partial charge in [-0.2, -0.15) is 0 Å². The number of halogens is 1. The van der Waals surface area contributed by atoms with Gasteiger partial charge in [-0.05, 0) is 60.7 Å². The highest BCUT2D eigenvalue weighted by molar-refractivity contribution is 7.91. The van der Waals surface area contributed by atoms with E-state index in [1.54, 1.807) is 39.0 Å². The predicted octanol–water partition coefficient (Wildman–Crippen LogP) is 5.33. The minimum Gasteiger partial charge on any atom is -0.457 e. The summed E-state index contributed by atoms with van der Waals surface area (Å²) in [5.74, 6) is 0.925. The Hall–Kier alpha value is -1.88. The summed E-state index contributed by atoms with van der Waals surface area (Å²) in [5.41, 5.74) is 1.88. The van der Waals surface area contributed by atoms with Gasteiger partial charge in [-0.25, -0.2) is 12.8 Å². The summed E-state index contributed by atoms with van der Waals surface area (Å²) in [7, 11) is -3.30. The van der Waals surface area contributed by atoms with Crippen LogP contribution in [-0.4, -0.2) is 14.2 Å². The average Bonchev–Trinajstić information content (AvgIpc) is 2.49. The van der Waals surface area contributed by atoms with Crippen LogP contribution in [0.2, 0.25) is 0 Å². The third-order valence-electron chi connectivity index (χ3n) is 4.14. The van der Waals surface area contributed by atoms with Gasteiger partial charge in [-0.15, -0.1) is 0 Å². The van der Waals surface area contributed by atoms with Gasteiger partial charge in [0.2, 0.25) is 0 Å². The molecule has 0 aliphatic heterocycles. The number of rotatable bonds is 4. The molecule has 25 heavy (non-hydrogen) atoms. The Morgan fingerprint density at radius 2 is 1.60 bits per heavy atom. The SMILES string of the molecule is CCS(=O)(=O)c1ccc(Oc2c(C)cc(F)cc2C)c(C(C)(C)C)c1. The standard InChI is InChI=1S/C20H25FO3S/c1-7-25(22,23)16-8-9-18(17(12-16)20(4,5)6)24-19-13(2)10-15(21)11-14(19)3/h8-12H,7H2,1-6H3. The van der Waals surface area contributed by atoms with Gasteiger partial charge in [0.1, 0.15) is 17.3 Å². The molecule has 2 aromatic rings. The second-order valence-electron chi connectivity index (χ2n) is 7.28. The van der Waals surface area contributed by atoms with Crippen LogP contribution in [0.4, 0.5) is 4.39 Å². The van der Waals surface area contributed by atoms with E-state index in [1.165, 1.54) is 12.1 Å². The van der Waals surface area contributed by atoms with Crippen molar-refractivity contribution in [1.29, 1.82) is 0 Å². The van der Waals surface area contributed by atoms with E-state index in [4.69, 9.17) is 4.74 Å². The Labute approximate surface area is 149 Å². The van der Waals surface area contributed by atoms with E-state index in [0.717, 1.165) is 5.56 Å². The van der Waals surface area contributed by atoms with E-state index in [0.29, 0.717) is 27.5 Å². The summed E-state index contributed by atoms with van der Waals surface area (Å²) >= 11 is 0. The van der Waals surface area contributed by atoms with E-state index in [1.807, 2.05) is 20.8 Å². The van der Waals surface area contributed by atoms with Gasteiger partial charge in [-0.1, -0.05) is 27.7 Å². The Balaban J connectivity index is 2.59. The third kappa shape index (κ3) is 4.21. The molecule has 0 amide bonds. The topological polar surface area (TPSA) is 43.4 Å². The fourth-order valence-electron chi connectivity index (χ4n) is 2.71. The molecule has 0 radical (unpaired) electrons. The number of sulfone groups is 1. The lowest BCUT2D eigenvalue weighted by molar-refractivity contribution is 0.447. The van der Waals surface area contributed by atoms with Crippen LogP contribution >= 0.6 is 0 Å². The molecular weight excluding hydrogens is 339 g/mol. The molecule has 136 valence electrons. The molecule has 2 rings (SSSR count). The van der Waals surface area contributed by atoms with Gasteiger partial charge in [0.15, 0.2) is 9.84 Å². The molecule has 0 saturated heterocycles. The van der Waals surface area contributed by atoms with Crippen LogP contribution in [0.15, 0.2) is 35.2 Å². The molecule has 0 fully saturated rings. The van der Waals surface area contributed by atoms with Gasteiger partial charge >= 0.3 is 0 Å². The van der Waals surface area contributed by atoms with Crippen molar-refractivity contribution in [3.63, 3.8) is 0 Å². The number of ether oxygens (including phenoxy) is 1. The molecule has 0 aromatic heterocycles. The number of hydrogen-bond acceptors (Lipinski definition) is 3. The zero-order valence-corrected chi connectivity index (χ0v) is 16.4. The quantitative estimate of drug-likeness (QED) is 0.737. The molecular formula is C20H25FO3S. The molecule has 5 heteroatoms. The molecule has 0 saturated carbocycles. The second-order valence-corrected chi connectivity index (χ2v) is 9.56. The van der Waals surface area contributed by atoms with Crippen LogP contribution in [0.1, 0.15) is 44.4 Å².